The number of rotatable bonds is 2. The maximum atomic E-state index is 13.0. The molecule has 0 unspecified atom stereocenters. The molecule has 0 spiro atoms. The second-order valence-electron chi connectivity index (χ2n) is 5.93. The number of nitrogens with zero attached hydrogens (tertiary/aromatic N) is 1. The maximum Gasteiger partial charge on any atom is 0.416 e. The molecule has 2 amide bonds. The number of halogens is 5. The molecule has 0 fully saturated rings. The lowest BCUT2D eigenvalue weighted by Crippen LogP contribution is -2.32. The summed E-state index contributed by atoms with van der Waals surface area (Å²) < 4.78 is 45.4. The molecule has 1 heterocycles. The van der Waals surface area contributed by atoms with E-state index in [4.69, 9.17) is 16.0 Å². The second-order valence-corrected chi connectivity index (χ2v) is 7.26. The Labute approximate surface area is 175 Å². The Morgan fingerprint density at radius 1 is 1.14 bits per heavy atom. The van der Waals surface area contributed by atoms with Crippen LogP contribution < -0.4 is 10.9 Å². The lowest BCUT2D eigenvalue weighted by atomic mass is 10.1. The number of fused-ring (bicyclic) bond motifs is 1. The van der Waals surface area contributed by atoms with Gasteiger partial charge in [-0.2, -0.15) is 13.2 Å². The molecule has 3 rings (SSSR count). The molecule has 1 N–H and O–H groups in total. The van der Waals surface area contributed by atoms with E-state index < -0.39 is 23.6 Å². The fourth-order valence-electron chi connectivity index (χ4n) is 2.46. The number of benzene rings is 2. The Bertz CT molecular complexity index is 1210. The number of carbonyl (C=O) groups excluding carboxylic acids is 2. The van der Waals surface area contributed by atoms with Gasteiger partial charge in [-0.3, -0.25) is 14.9 Å². The average Bonchev–Trinajstić information content (AvgIpc) is 2.61. The van der Waals surface area contributed by atoms with Crippen molar-refractivity contribution in [2.24, 2.45) is 4.99 Å². The molecule has 0 saturated heterocycles. The molecule has 0 radical (unpaired) electrons. The van der Waals surface area contributed by atoms with E-state index in [0.29, 0.717) is 15.4 Å². The van der Waals surface area contributed by atoms with Crippen molar-refractivity contribution in [1.29, 1.82) is 0 Å². The van der Waals surface area contributed by atoms with E-state index in [0.717, 1.165) is 25.1 Å². The molecule has 150 valence electrons. The summed E-state index contributed by atoms with van der Waals surface area (Å²) >= 11 is 9.29. The summed E-state index contributed by atoms with van der Waals surface area (Å²) in [5.41, 5.74) is -1.30. The smallest absolute Gasteiger partial charge is 0.416 e. The summed E-state index contributed by atoms with van der Waals surface area (Å²) in [6.45, 7) is 1.15. The van der Waals surface area contributed by atoms with E-state index in [9.17, 15) is 22.8 Å². The summed E-state index contributed by atoms with van der Waals surface area (Å²) in [5, 5.41) is 2.54. The first-order valence-corrected chi connectivity index (χ1v) is 9.18. The highest BCUT2D eigenvalue weighted by Gasteiger charge is 2.31. The predicted octanol–water partition coefficient (Wildman–Crippen LogP) is 5.38. The summed E-state index contributed by atoms with van der Waals surface area (Å²) in [4.78, 5) is 27.7. The monoisotopic (exact) mass is 486 g/mol. The molecule has 2 aromatic carbocycles. The SMILES string of the molecule is CC(=O)NC(=O)c1cc2cc(Br)ccc2oc1=Nc1cc(C(F)(F)F)ccc1Cl. The van der Waals surface area contributed by atoms with Crippen LogP contribution >= 0.6 is 27.5 Å². The molecule has 0 saturated carbocycles. The lowest BCUT2D eigenvalue weighted by molar-refractivity contribution is -0.137. The first-order valence-electron chi connectivity index (χ1n) is 8.01. The topological polar surface area (TPSA) is 71.7 Å². The predicted molar refractivity (Wildman–Crippen MR) is 104 cm³/mol. The summed E-state index contributed by atoms with van der Waals surface area (Å²) in [5.74, 6) is -1.43. The third kappa shape index (κ3) is 4.86. The third-order valence-corrected chi connectivity index (χ3v) is 4.55. The molecule has 10 heteroatoms. The van der Waals surface area contributed by atoms with Gasteiger partial charge in [0.05, 0.1) is 16.3 Å². The Morgan fingerprint density at radius 3 is 2.52 bits per heavy atom. The van der Waals surface area contributed by atoms with Crippen molar-refractivity contribution in [2.45, 2.75) is 13.1 Å². The molecule has 29 heavy (non-hydrogen) atoms. The van der Waals surface area contributed by atoms with E-state index >= 15 is 0 Å². The highest BCUT2D eigenvalue weighted by Crippen LogP contribution is 2.35. The van der Waals surface area contributed by atoms with Gasteiger partial charge >= 0.3 is 6.18 Å². The van der Waals surface area contributed by atoms with Gasteiger partial charge in [0.1, 0.15) is 11.1 Å². The first kappa shape index (κ1) is 21.1. The largest absolute Gasteiger partial charge is 0.438 e. The quantitative estimate of drug-likeness (QED) is 0.528. The summed E-state index contributed by atoms with van der Waals surface area (Å²) in [6, 6.07) is 8.99. The zero-order chi connectivity index (χ0) is 21.3. The molecular formula is C19H11BrClF3N2O3. The number of hydrogen-bond donors (Lipinski definition) is 1. The molecule has 1 aromatic heterocycles. The molecule has 0 aliphatic rings. The number of amides is 2. The van der Waals surface area contributed by atoms with Crippen molar-refractivity contribution in [3.63, 3.8) is 0 Å². The van der Waals surface area contributed by atoms with E-state index in [1.807, 2.05) is 0 Å². The molecule has 0 aliphatic heterocycles. The zero-order valence-electron chi connectivity index (χ0n) is 14.6. The van der Waals surface area contributed by atoms with Crippen LogP contribution in [0.15, 0.2) is 56.3 Å². The van der Waals surface area contributed by atoms with E-state index in [-0.39, 0.29) is 21.8 Å². The van der Waals surface area contributed by atoms with E-state index in [1.54, 1.807) is 18.2 Å². The van der Waals surface area contributed by atoms with Crippen LogP contribution in [-0.2, 0) is 11.0 Å². The van der Waals surface area contributed by atoms with Crippen LogP contribution in [0.25, 0.3) is 11.0 Å². The van der Waals surface area contributed by atoms with Crippen LogP contribution in [0.3, 0.4) is 0 Å². The van der Waals surface area contributed by atoms with Crippen molar-refractivity contribution < 1.29 is 27.2 Å². The minimum Gasteiger partial charge on any atom is -0.438 e. The highest BCUT2D eigenvalue weighted by molar-refractivity contribution is 9.10. The Hall–Kier alpha value is -2.65. The Morgan fingerprint density at radius 2 is 1.86 bits per heavy atom. The molecule has 0 bridgehead atoms. The van der Waals surface area contributed by atoms with Crippen molar-refractivity contribution >= 4 is 56.0 Å². The fraction of sp³-hybridized carbons (Fsp3) is 0.105. The fourth-order valence-corrected chi connectivity index (χ4v) is 3.00. The molecule has 0 aliphatic carbocycles. The van der Waals surface area contributed by atoms with Gasteiger partial charge in [-0.25, -0.2) is 4.99 Å². The third-order valence-electron chi connectivity index (χ3n) is 3.74. The lowest BCUT2D eigenvalue weighted by Gasteiger charge is -2.08. The number of hydrogen-bond acceptors (Lipinski definition) is 4. The van der Waals surface area contributed by atoms with E-state index in [2.05, 4.69) is 26.2 Å². The molecular weight excluding hydrogens is 477 g/mol. The van der Waals surface area contributed by atoms with E-state index in [1.165, 1.54) is 6.07 Å². The van der Waals surface area contributed by atoms with Crippen molar-refractivity contribution in [2.75, 3.05) is 0 Å². The van der Waals surface area contributed by atoms with Gasteiger partial charge in [0, 0.05) is 16.8 Å². The van der Waals surface area contributed by atoms with Crippen LogP contribution in [0.1, 0.15) is 22.8 Å². The Kier molecular flexibility index (Phi) is 5.81. The first-order chi connectivity index (χ1) is 13.5. The minimum absolute atomic E-state index is 0.0676. The van der Waals surface area contributed by atoms with Gasteiger partial charge in [-0.1, -0.05) is 27.5 Å². The van der Waals surface area contributed by atoms with Crippen molar-refractivity contribution in [1.82, 2.24) is 5.32 Å². The van der Waals surface area contributed by atoms with Gasteiger partial charge in [-0.05, 0) is 42.5 Å². The summed E-state index contributed by atoms with van der Waals surface area (Å²) in [6.07, 6.45) is -4.60. The summed E-state index contributed by atoms with van der Waals surface area (Å²) in [7, 11) is 0. The van der Waals surface area contributed by atoms with Crippen LogP contribution in [0.2, 0.25) is 5.02 Å². The van der Waals surface area contributed by atoms with Crippen LogP contribution in [0.4, 0.5) is 18.9 Å². The van der Waals surface area contributed by atoms with Gasteiger partial charge in [-0.15, -0.1) is 0 Å². The van der Waals surface area contributed by atoms with Gasteiger partial charge < -0.3 is 4.42 Å². The normalized spacial score (nSPS) is 12.3. The minimum atomic E-state index is -4.60. The average molecular weight is 488 g/mol. The standard InChI is InChI=1S/C19H11BrClF3N2O3/c1-9(27)25-17(28)13-7-10-6-12(20)3-5-16(10)29-18(13)26-15-8-11(19(22,23)24)2-4-14(15)21/h2-8H,1H3,(H,25,27,28). The van der Waals surface area contributed by atoms with Crippen LogP contribution in [0, 0.1) is 0 Å². The maximum absolute atomic E-state index is 13.0. The van der Waals surface area contributed by atoms with Crippen LogP contribution in [-0.4, -0.2) is 11.8 Å². The van der Waals surface area contributed by atoms with Gasteiger partial charge in [0.25, 0.3) is 5.91 Å². The van der Waals surface area contributed by atoms with Crippen molar-refractivity contribution in [3.8, 4) is 0 Å². The molecule has 3 aromatic rings. The second kappa shape index (κ2) is 8.00. The van der Waals surface area contributed by atoms with Crippen LogP contribution in [0.5, 0.6) is 0 Å². The van der Waals surface area contributed by atoms with Gasteiger partial charge in [0.2, 0.25) is 11.5 Å². The number of nitrogens with one attached hydrogen (secondary N) is 1. The van der Waals surface area contributed by atoms with Crippen molar-refractivity contribution in [3.05, 3.63) is 68.6 Å². The number of imide groups is 1. The highest BCUT2D eigenvalue weighted by atomic mass is 79.9. The zero-order valence-corrected chi connectivity index (χ0v) is 16.9. The van der Waals surface area contributed by atoms with Gasteiger partial charge in [0.15, 0.2) is 0 Å². The Balaban J connectivity index is 2.28. The number of carbonyl (C=O) groups is 2. The molecule has 5 nitrogen and oxygen atoms in total. The molecule has 0 atom stereocenters. The number of alkyl halides is 3.